The lowest BCUT2D eigenvalue weighted by atomic mass is 9.92. The van der Waals surface area contributed by atoms with E-state index in [0.29, 0.717) is 31.2 Å². The van der Waals surface area contributed by atoms with Gasteiger partial charge in [-0.3, -0.25) is 9.59 Å². The fourth-order valence-corrected chi connectivity index (χ4v) is 4.22. The molecule has 0 aromatic carbocycles. The fourth-order valence-electron chi connectivity index (χ4n) is 4.22. The SMILES string of the molecule is Cn1cncc1[C@H]1[C@H](NC(=O)C[C@@H]2C=CCC2)CCC(=O)N1C1CC1. The molecule has 3 atom stereocenters. The number of piperidine rings is 1. The third-order valence-electron chi connectivity index (χ3n) is 5.64. The number of allylic oxidation sites excluding steroid dienone is 2. The van der Waals surface area contributed by atoms with Crippen molar-refractivity contribution in [3.05, 3.63) is 30.4 Å². The quantitative estimate of drug-likeness (QED) is 0.833. The van der Waals surface area contributed by atoms with Gasteiger partial charge in [0.15, 0.2) is 0 Å². The molecule has 25 heavy (non-hydrogen) atoms. The fraction of sp³-hybridized carbons (Fsp3) is 0.632. The van der Waals surface area contributed by atoms with Gasteiger partial charge in [-0.05, 0) is 38.0 Å². The van der Waals surface area contributed by atoms with Crippen molar-refractivity contribution in [3.8, 4) is 0 Å². The molecule has 3 aliphatic rings. The molecule has 0 unspecified atom stereocenters. The maximum atomic E-state index is 12.6. The average molecular weight is 342 g/mol. The largest absolute Gasteiger partial charge is 0.351 e. The smallest absolute Gasteiger partial charge is 0.223 e. The maximum absolute atomic E-state index is 12.6. The Hall–Kier alpha value is -2.11. The number of aryl methyl sites for hydroxylation is 1. The number of amides is 2. The molecule has 2 amide bonds. The predicted octanol–water partition coefficient (Wildman–Crippen LogP) is 2.09. The van der Waals surface area contributed by atoms with E-state index in [1.54, 1.807) is 6.33 Å². The van der Waals surface area contributed by atoms with Crippen LogP contribution in [0.2, 0.25) is 0 Å². The molecule has 4 rings (SSSR count). The zero-order valence-electron chi connectivity index (χ0n) is 14.7. The number of carbonyl (C=O) groups excluding carboxylic acids is 2. The van der Waals surface area contributed by atoms with Gasteiger partial charge >= 0.3 is 0 Å². The lowest BCUT2D eigenvalue weighted by Gasteiger charge is -2.41. The lowest BCUT2D eigenvalue weighted by molar-refractivity contribution is -0.140. The van der Waals surface area contributed by atoms with Crippen LogP contribution in [0.4, 0.5) is 0 Å². The Bertz CT molecular complexity index is 691. The first-order valence-corrected chi connectivity index (χ1v) is 9.37. The van der Waals surface area contributed by atoms with Gasteiger partial charge in [0, 0.05) is 25.9 Å². The maximum Gasteiger partial charge on any atom is 0.223 e. The Balaban J connectivity index is 1.54. The molecule has 1 N–H and O–H groups in total. The Labute approximate surface area is 148 Å². The summed E-state index contributed by atoms with van der Waals surface area (Å²) in [7, 11) is 1.95. The van der Waals surface area contributed by atoms with Crippen molar-refractivity contribution in [2.45, 2.75) is 63.1 Å². The highest BCUT2D eigenvalue weighted by atomic mass is 16.2. The standard InChI is InChI=1S/C19H26N4O2/c1-22-12-20-11-16(22)19-15(8-9-18(25)23(19)14-6-7-14)21-17(24)10-13-4-2-3-5-13/h2,4,11-15,19H,3,5-10H2,1H3,(H,21,24)/t13-,15-,19-/m1/s1. The van der Waals surface area contributed by atoms with E-state index in [2.05, 4.69) is 22.5 Å². The molecule has 134 valence electrons. The molecule has 2 fully saturated rings. The molecule has 0 spiro atoms. The van der Waals surface area contributed by atoms with Crippen LogP contribution in [0, 0.1) is 5.92 Å². The van der Waals surface area contributed by atoms with Crippen molar-refractivity contribution in [2.75, 3.05) is 0 Å². The van der Waals surface area contributed by atoms with Crippen LogP contribution in [0.5, 0.6) is 0 Å². The molecule has 1 saturated carbocycles. The summed E-state index contributed by atoms with van der Waals surface area (Å²) in [6, 6.07) is 0.181. The van der Waals surface area contributed by atoms with E-state index in [4.69, 9.17) is 0 Å². The molecule has 2 aliphatic carbocycles. The number of hydrogen-bond donors (Lipinski definition) is 1. The molecule has 0 radical (unpaired) electrons. The van der Waals surface area contributed by atoms with Crippen LogP contribution in [0.1, 0.15) is 56.7 Å². The van der Waals surface area contributed by atoms with Crippen LogP contribution in [0.3, 0.4) is 0 Å². The van der Waals surface area contributed by atoms with E-state index < -0.39 is 0 Å². The minimum Gasteiger partial charge on any atom is -0.351 e. The van der Waals surface area contributed by atoms with E-state index in [1.807, 2.05) is 22.7 Å². The summed E-state index contributed by atoms with van der Waals surface area (Å²) in [5.41, 5.74) is 1.01. The van der Waals surface area contributed by atoms with Crippen LogP contribution in [-0.4, -0.2) is 38.3 Å². The van der Waals surface area contributed by atoms with Crippen molar-refractivity contribution in [1.82, 2.24) is 19.8 Å². The van der Waals surface area contributed by atoms with Crippen molar-refractivity contribution < 1.29 is 9.59 Å². The zero-order valence-corrected chi connectivity index (χ0v) is 14.7. The molecule has 6 nitrogen and oxygen atoms in total. The highest BCUT2D eigenvalue weighted by Gasteiger charge is 2.45. The number of carbonyl (C=O) groups is 2. The molecule has 6 heteroatoms. The highest BCUT2D eigenvalue weighted by Crippen LogP contribution is 2.40. The van der Waals surface area contributed by atoms with Crippen molar-refractivity contribution in [2.24, 2.45) is 13.0 Å². The van der Waals surface area contributed by atoms with Crippen LogP contribution in [0.15, 0.2) is 24.7 Å². The molecule has 1 aromatic heterocycles. The second-order valence-corrected chi connectivity index (χ2v) is 7.59. The van der Waals surface area contributed by atoms with E-state index >= 15 is 0 Å². The van der Waals surface area contributed by atoms with E-state index in [1.165, 1.54) is 0 Å². The molecule has 1 aliphatic heterocycles. The van der Waals surface area contributed by atoms with Crippen molar-refractivity contribution >= 4 is 11.8 Å². The van der Waals surface area contributed by atoms with Crippen LogP contribution in [0.25, 0.3) is 0 Å². The number of nitrogens with zero attached hydrogens (tertiary/aromatic N) is 3. The molecule has 0 bridgehead atoms. The molecule has 1 aromatic rings. The van der Waals surface area contributed by atoms with Crippen LogP contribution in [-0.2, 0) is 16.6 Å². The molecular formula is C19H26N4O2. The van der Waals surface area contributed by atoms with E-state index in [-0.39, 0.29) is 23.9 Å². The number of imidazole rings is 1. The first-order chi connectivity index (χ1) is 12.1. The van der Waals surface area contributed by atoms with Gasteiger partial charge in [-0.2, -0.15) is 0 Å². The Morgan fingerprint density at radius 2 is 2.16 bits per heavy atom. The van der Waals surface area contributed by atoms with Gasteiger partial charge in [0.1, 0.15) is 0 Å². The molecule has 1 saturated heterocycles. The number of hydrogen-bond acceptors (Lipinski definition) is 3. The number of rotatable bonds is 5. The molecule has 2 heterocycles. The monoisotopic (exact) mass is 342 g/mol. The summed E-state index contributed by atoms with van der Waals surface area (Å²) < 4.78 is 1.97. The number of likely N-dealkylation sites (tertiary alicyclic amines) is 1. The summed E-state index contributed by atoms with van der Waals surface area (Å²) in [4.78, 5) is 31.4. The van der Waals surface area contributed by atoms with Crippen molar-refractivity contribution in [1.29, 1.82) is 0 Å². The highest BCUT2D eigenvalue weighted by molar-refractivity contribution is 5.80. The normalized spacial score (nSPS) is 29.2. The second kappa shape index (κ2) is 6.65. The minimum atomic E-state index is -0.107. The van der Waals surface area contributed by atoms with Crippen LogP contribution < -0.4 is 5.32 Å². The molecular weight excluding hydrogens is 316 g/mol. The Morgan fingerprint density at radius 1 is 1.32 bits per heavy atom. The summed E-state index contributed by atoms with van der Waals surface area (Å²) in [6.07, 6.45) is 13.9. The van der Waals surface area contributed by atoms with Gasteiger partial charge < -0.3 is 14.8 Å². The summed E-state index contributed by atoms with van der Waals surface area (Å²) in [5, 5.41) is 3.24. The third-order valence-corrected chi connectivity index (χ3v) is 5.64. The summed E-state index contributed by atoms with van der Waals surface area (Å²) in [6.45, 7) is 0. The van der Waals surface area contributed by atoms with Gasteiger partial charge in [-0.15, -0.1) is 0 Å². The van der Waals surface area contributed by atoms with Gasteiger partial charge in [-0.1, -0.05) is 12.2 Å². The van der Waals surface area contributed by atoms with Gasteiger partial charge in [0.05, 0.1) is 30.3 Å². The topological polar surface area (TPSA) is 67.2 Å². The van der Waals surface area contributed by atoms with Gasteiger partial charge in [0.25, 0.3) is 0 Å². The average Bonchev–Trinajstić information content (AvgIpc) is 3.12. The summed E-state index contributed by atoms with van der Waals surface area (Å²) in [5.74, 6) is 0.664. The zero-order chi connectivity index (χ0) is 17.4. The number of nitrogens with one attached hydrogen (secondary N) is 1. The summed E-state index contributed by atoms with van der Waals surface area (Å²) >= 11 is 0. The Kier molecular flexibility index (Phi) is 4.36. The van der Waals surface area contributed by atoms with Gasteiger partial charge in [0.2, 0.25) is 11.8 Å². The predicted molar refractivity (Wildman–Crippen MR) is 93.5 cm³/mol. The Morgan fingerprint density at radius 3 is 2.80 bits per heavy atom. The van der Waals surface area contributed by atoms with E-state index in [9.17, 15) is 9.59 Å². The lowest BCUT2D eigenvalue weighted by Crippen LogP contribution is -2.53. The van der Waals surface area contributed by atoms with Gasteiger partial charge in [-0.25, -0.2) is 4.98 Å². The third kappa shape index (κ3) is 3.34. The van der Waals surface area contributed by atoms with E-state index in [0.717, 1.165) is 31.4 Å². The first kappa shape index (κ1) is 16.4. The van der Waals surface area contributed by atoms with Crippen LogP contribution >= 0.6 is 0 Å². The minimum absolute atomic E-state index is 0.0356. The second-order valence-electron chi connectivity index (χ2n) is 7.59. The first-order valence-electron chi connectivity index (χ1n) is 9.37. The van der Waals surface area contributed by atoms with Crippen molar-refractivity contribution in [3.63, 3.8) is 0 Å². The number of aromatic nitrogens is 2.